The van der Waals surface area contributed by atoms with E-state index >= 15 is 0 Å². The molecule has 0 fully saturated rings. The third-order valence-electron chi connectivity index (χ3n) is 3.77. The smallest absolute Gasteiger partial charge is 0.422 e. The molecule has 0 saturated carbocycles. The van der Waals surface area contributed by atoms with Crippen LogP contribution in [0.2, 0.25) is 0 Å². The number of guanidine groups is 1. The predicted octanol–water partition coefficient (Wildman–Crippen LogP) is 4.00. The van der Waals surface area contributed by atoms with E-state index in [0.717, 1.165) is 22.7 Å². The molecule has 9 heteroatoms. The van der Waals surface area contributed by atoms with E-state index in [2.05, 4.69) is 27.5 Å². The Labute approximate surface area is 167 Å². The number of aliphatic imine (C=N–C) groups is 1. The summed E-state index contributed by atoms with van der Waals surface area (Å²) in [5, 5.41) is 7.49. The Balaban J connectivity index is 1.90. The molecule has 0 amide bonds. The molecule has 0 saturated heterocycles. The van der Waals surface area contributed by atoms with Gasteiger partial charge in [0.2, 0.25) is 0 Å². The van der Waals surface area contributed by atoms with Gasteiger partial charge in [-0.15, -0.1) is 11.3 Å². The second kappa shape index (κ2) is 10.3. The van der Waals surface area contributed by atoms with E-state index in [-0.39, 0.29) is 5.75 Å². The van der Waals surface area contributed by atoms with E-state index in [9.17, 15) is 13.2 Å². The summed E-state index contributed by atoms with van der Waals surface area (Å²) in [6, 6.07) is 6.53. The molecule has 0 aliphatic carbocycles. The highest BCUT2D eigenvalue weighted by molar-refractivity contribution is 7.11. The van der Waals surface area contributed by atoms with Crippen LogP contribution in [0.25, 0.3) is 0 Å². The number of thiazole rings is 1. The number of halogens is 3. The summed E-state index contributed by atoms with van der Waals surface area (Å²) in [4.78, 5) is 10.2. The third kappa shape index (κ3) is 7.75. The van der Waals surface area contributed by atoms with Crippen molar-refractivity contribution in [2.45, 2.75) is 39.9 Å². The fourth-order valence-electron chi connectivity index (χ4n) is 2.34. The van der Waals surface area contributed by atoms with E-state index in [0.29, 0.717) is 25.6 Å². The van der Waals surface area contributed by atoms with Gasteiger partial charge >= 0.3 is 6.18 Å². The fourth-order valence-corrected chi connectivity index (χ4v) is 3.28. The standard InChI is InChI=1S/C19H25F3N4OS/c1-4-23-18(24-9-8-17-26-13(2)14(3)28-17)25-11-15-6-5-7-16(10-15)27-12-19(20,21)22/h5-7,10H,4,8-9,11-12H2,1-3H3,(H2,23,24,25). The fraction of sp³-hybridized carbons (Fsp3) is 0.474. The molecule has 0 aliphatic heterocycles. The number of nitrogens with one attached hydrogen (secondary N) is 2. The monoisotopic (exact) mass is 414 g/mol. The molecule has 0 atom stereocenters. The van der Waals surface area contributed by atoms with Crippen LogP contribution < -0.4 is 15.4 Å². The van der Waals surface area contributed by atoms with Crippen LogP contribution in [0, 0.1) is 13.8 Å². The van der Waals surface area contributed by atoms with E-state index in [4.69, 9.17) is 4.74 Å². The molecule has 28 heavy (non-hydrogen) atoms. The van der Waals surface area contributed by atoms with Gasteiger partial charge in [-0.2, -0.15) is 13.2 Å². The molecule has 1 aromatic heterocycles. The molecule has 2 N–H and O–H groups in total. The van der Waals surface area contributed by atoms with Gasteiger partial charge in [0, 0.05) is 24.4 Å². The van der Waals surface area contributed by atoms with Crippen molar-refractivity contribution in [2.75, 3.05) is 19.7 Å². The largest absolute Gasteiger partial charge is 0.484 e. The van der Waals surface area contributed by atoms with Gasteiger partial charge in [0.25, 0.3) is 0 Å². The van der Waals surface area contributed by atoms with Gasteiger partial charge in [-0.05, 0) is 38.5 Å². The molecule has 1 aromatic carbocycles. The molecule has 0 aliphatic rings. The van der Waals surface area contributed by atoms with Crippen LogP contribution in [0.5, 0.6) is 5.75 Å². The van der Waals surface area contributed by atoms with Crippen LogP contribution in [0.3, 0.4) is 0 Å². The number of rotatable bonds is 8. The van der Waals surface area contributed by atoms with Gasteiger partial charge in [-0.1, -0.05) is 12.1 Å². The Morgan fingerprint density at radius 1 is 1.25 bits per heavy atom. The number of hydrogen-bond acceptors (Lipinski definition) is 4. The number of ether oxygens (including phenoxy) is 1. The molecule has 1 heterocycles. The van der Waals surface area contributed by atoms with Crippen molar-refractivity contribution >= 4 is 17.3 Å². The molecule has 154 valence electrons. The summed E-state index contributed by atoms with van der Waals surface area (Å²) in [5.41, 5.74) is 1.83. The lowest BCUT2D eigenvalue weighted by Gasteiger charge is -2.12. The molecule has 2 aromatic rings. The van der Waals surface area contributed by atoms with Gasteiger partial charge in [0.15, 0.2) is 12.6 Å². The quantitative estimate of drug-likeness (QED) is 0.506. The first-order valence-corrected chi connectivity index (χ1v) is 9.82. The Hall–Kier alpha value is -2.29. The lowest BCUT2D eigenvalue weighted by atomic mass is 10.2. The van der Waals surface area contributed by atoms with Crippen LogP contribution >= 0.6 is 11.3 Å². The zero-order chi connectivity index (χ0) is 20.6. The van der Waals surface area contributed by atoms with Gasteiger partial charge in [-0.3, -0.25) is 0 Å². The Morgan fingerprint density at radius 2 is 2.04 bits per heavy atom. The minimum Gasteiger partial charge on any atom is -0.484 e. The second-order valence-electron chi connectivity index (χ2n) is 6.17. The molecule has 5 nitrogen and oxygen atoms in total. The van der Waals surface area contributed by atoms with Crippen LogP contribution in [0.1, 0.15) is 28.1 Å². The van der Waals surface area contributed by atoms with Crippen molar-refractivity contribution in [3.05, 3.63) is 45.4 Å². The summed E-state index contributed by atoms with van der Waals surface area (Å²) >= 11 is 1.69. The Morgan fingerprint density at radius 3 is 2.68 bits per heavy atom. The van der Waals surface area contributed by atoms with E-state index in [1.165, 1.54) is 10.9 Å². The summed E-state index contributed by atoms with van der Waals surface area (Å²) in [5.74, 6) is 0.826. The van der Waals surface area contributed by atoms with Crippen molar-refractivity contribution < 1.29 is 17.9 Å². The first-order valence-electron chi connectivity index (χ1n) is 9.00. The van der Waals surface area contributed by atoms with Crippen LogP contribution in [0.15, 0.2) is 29.3 Å². The first kappa shape index (κ1) is 22.0. The SMILES string of the molecule is CCNC(=NCc1cccc(OCC(F)(F)F)c1)NCCc1nc(C)c(C)s1. The van der Waals surface area contributed by atoms with E-state index in [1.54, 1.807) is 29.5 Å². The average Bonchev–Trinajstić information content (AvgIpc) is 2.95. The van der Waals surface area contributed by atoms with E-state index < -0.39 is 12.8 Å². The van der Waals surface area contributed by atoms with Crippen molar-refractivity contribution in [3.8, 4) is 5.75 Å². The van der Waals surface area contributed by atoms with Gasteiger partial charge in [0.1, 0.15) is 5.75 Å². The minimum absolute atomic E-state index is 0.178. The zero-order valence-electron chi connectivity index (χ0n) is 16.2. The van der Waals surface area contributed by atoms with Gasteiger partial charge in [0.05, 0.1) is 17.2 Å². The van der Waals surface area contributed by atoms with Crippen LogP contribution in [-0.4, -0.2) is 36.8 Å². The lowest BCUT2D eigenvalue weighted by Crippen LogP contribution is -2.38. The number of hydrogen-bond donors (Lipinski definition) is 2. The summed E-state index contributed by atoms with van der Waals surface area (Å²) < 4.78 is 41.6. The molecule has 0 spiro atoms. The molecule has 0 bridgehead atoms. The highest BCUT2D eigenvalue weighted by Crippen LogP contribution is 2.20. The van der Waals surface area contributed by atoms with Crippen molar-refractivity contribution in [2.24, 2.45) is 4.99 Å². The highest BCUT2D eigenvalue weighted by atomic mass is 32.1. The lowest BCUT2D eigenvalue weighted by molar-refractivity contribution is -0.153. The zero-order valence-corrected chi connectivity index (χ0v) is 17.0. The molecule has 0 unspecified atom stereocenters. The summed E-state index contributed by atoms with van der Waals surface area (Å²) in [7, 11) is 0. The van der Waals surface area contributed by atoms with Crippen molar-refractivity contribution in [1.82, 2.24) is 15.6 Å². The maximum absolute atomic E-state index is 12.3. The Bertz CT molecular complexity index is 770. The second-order valence-corrected chi connectivity index (χ2v) is 7.46. The van der Waals surface area contributed by atoms with Crippen LogP contribution in [0.4, 0.5) is 13.2 Å². The minimum atomic E-state index is -4.36. The first-order chi connectivity index (χ1) is 13.3. The maximum atomic E-state index is 12.3. The third-order valence-corrected chi connectivity index (χ3v) is 4.90. The molecular weight excluding hydrogens is 389 g/mol. The highest BCUT2D eigenvalue weighted by Gasteiger charge is 2.28. The van der Waals surface area contributed by atoms with E-state index in [1.807, 2.05) is 13.8 Å². The number of aromatic nitrogens is 1. The van der Waals surface area contributed by atoms with Gasteiger partial charge in [-0.25, -0.2) is 9.98 Å². The van der Waals surface area contributed by atoms with Crippen molar-refractivity contribution in [1.29, 1.82) is 0 Å². The number of aryl methyl sites for hydroxylation is 2. The topological polar surface area (TPSA) is 58.5 Å². The maximum Gasteiger partial charge on any atom is 0.422 e. The normalized spacial score (nSPS) is 12.1. The predicted molar refractivity (Wildman–Crippen MR) is 106 cm³/mol. The molecule has 2 rings (SSSR count). The van der Waals surface area contributed by atoms with Crippen LogP contribution in [-0.2, 0) is 13.0 Å². The number of benzene rings is 1. The summed E-state index contributed by atoms with van der Waals surface area (Å²) in [6.45, 7) is 6.44. The van der Waals surface area contributed by atoms with Crippen molar-refractivity contribution in [3.63, 3.8) is 0 Å². The number of alkyl halides is 3. The number of nitrogens with zero attached hydrogens (tertiary/aromatic N) is 2. The van der Waals surface area contributed by atoms with Gasteiger partial charge < -0.3 is 15.4 Å². The Kier molecular flexibility index (Phi) is 8.10. The molecule has 0 radical (unpaired) electrons. The average molecular weight is 414 g/mol. The molecular formula is C19H25F3N4OS. The summed E-state index contributed by atoms with van der Waals surface area (Å²) in [6.07, 6.45) is -3.56.